The van der Waals surface area contributed by atoms with Crippen LogP contribution in [0.4, 0.5) is 5.82 Å². The van der Waals surface area contributed by atoms with E-state index in [0.717, 1.165) is 31.4 Å². The molecule has 0 bridgehead atoms. The van der Waals surface area contributed by atoms with Crippen LogP contribution in [0.25, 0.3) is 11.0 Å². The second kappa shape index (κ2) is 4.81. The molecule has 0 aliphatic carbocycles. The minimum Gasteiger partial charge on any atom is -0.463 e. The normalized spacial score (nSPS) is 17.1. The van der Waals surface area contributed by atoms with E-state index in [1.807, 2.05) is 6.07 Å². The second-order valence-corrected chi connectivity index (χ2v) is 4.50. The molecule has 2 aromatic rings. The third-order valence-corrected chi connectivity index (χ3v) is 3.21. The maximum atomic E-state index is 5.84. The van der Waals surface area contributed by atoms with Gasteiger partial charge in [0.25, 0.3) is 0 Å². The number of nitrogens with one attached hydrogen (secondary N) is 1. The molecule has 2 aromatic heterocycles. The number of aromatic nitrogens is 3. The number of nitrogens with zero attached hydrogens (tertiary/aromatic N) is 2. The lowest BCUT2D eigenvalue weighted by Gasteiger charge is -2.21. The van der Waals surface area contributed by atoms with Crippen LogP contribution in [-0.2, 0) is 4.74 Å². The number of aromatic amines is 1. The van der Waals surface area contributed by atoms with Crippen LogP contribution in [-0.4, -0.2) is 34.8 Å². The van der Waals surface area contributed by atoms with Gasteiger partial charge in [-0.1, -0.05) is 0 Å². The van der Waals surface area contributed by atoms with E-state index in [0.29, 0.717) is 30.0 Å². The molecule has 6 nitrogen and oxygen atoms in total. The highest BCUT2D eigenvalue weighted by Gasteiger charge is 2.15. The van der Waals surface area contributed by atoms with E-state index in [2.05, 4.69) is 15.0 Å². The number of hydrogen-bond donors (Lipinski definition) is 2. The average Bonchev–Trinajstić information content (AvgIpc) is 2.86. The number of anilines is 1. The summed E-state index contributed by atoms with van der Waals surface area (Å²) < 4.78 is 10.9. The maximum absolute atomic E-state index is 5.84. The number of ether oxygens (including phenoxy) is 2. The fraction of sp³-hybridized carbons (Fsp3) is 0.500. The van der Waals surface area contributed by atoms with Gasteiger partial charge in [-0.15, -0.1) is 0 Å². The Balaban J connectivity index is 1.70. The first-order chi connectivity index (χ1) is 8.83. The molecule has 1 aliphatic rings. The van der Waals surface area contributed by atoms with E-state index in [1.165, 1.54) is 0 Å². The summed E-state index contributed by atoms with van der Waals surface area (Å²) in [4.78, 5) is 11.4. The van der Waals surface area contributed by atoms with Crippen molar-refractivity contribution in [1.82, 2.24) is 15.0 Å². The van der Waals surface area contributed by atoms with Crippen molar-refractivity contribution in [3.8, 4) is 6.01 Å². The standard InChI is InChI=1S/C12H16N4O2/c13-10-9-1-4-14-11(9)16-12(15-10)18-7-8-2-5-17-6-3-8/h1,4,8H,2-3,5-7H2,(H3,13,14,15,16). The van der Waals surface area contributed by atoms with Gasteiger partial charge >= 0.3 is 6.01 Å². The van der Waals surface area contributed by atoms with Gasteiger partial charge in [0.1, 0.15) is 11.5 Å². The molecule has 0 unspecified atom stereocenters. The highest BCUT2D eigenvalue weighted by molar-refractivity contribution is 5.85. The molecule has 96 valence electrons. The monoisotopic (exact) mass is 248 g/mol. The zero-order chi connectivity index (χ0) is 12.4. The maximum Gasteiger partial charge on any atom is 0.320 e. The van der Waals surface area contributed by atoms with Crippen LogP contribution in [0.1, 0.15) is 12.8 Å². The quantitative estimate of drug-likeness (QED) is 0.856. The van der Waals surface area contributed by atoms with Crippen LogP contribution in [0.2, 0.25) is 0 Å². The predicted molar refractivity (Wildman–Crippen MR) is 67.3 cm³/mol. The zero-order valence-electron chi connectivity index (χ0n) is 10.1. The first-order valence-corrected chi connectivity index (χ1v) is 6.14. The fourth-order valence-corrected chi connectivity index (χ4v) is 2.11. The Kier molecular flexibility index (Phi) is 3.02. The van der Waals surface area contributed by atoms with Crippen molar-refractivity contribution in [2.24, 2.45) is 5.92 Å². The minimum atomic E-state index is 0.342. The lowest BCUT2D eigenvalue weighted by atomic mass is 10.0. The highest BCUT2D eigenvalue weighted by atomic mass is 16.5. The molecule has 6 heteroatoms. The highest BCUT2D eigenvalue weighted by Crippen LogP contribution is 2.20. The van der Waals surface area contributed by atoms with Crippen LogP contribution in [0.5, 0.6) is 6.01 Å². The van der Waals surface area contributed by atoms with Gasteiger partial charge in [-0.3, -0.25) is 0 Å². The van der Waals surface area contributed by atoms with E-state index in [9.17, 15) is 0 Å². The van der Waals surface area contributed by atoms with Crippen molar-refractivity contribution in [2.75, 3.05) is 25.6 Å². The van der Waals surface area contributed by atoms with Gasteiger partial charge in [0.05, 0.1) is 12.0 Å². The first-order valence-electron chi connectivity index (χ1n) is 6.14. The van der Waals surface area contributed by atoms with E-state index >= 15 is 0 Å². The van der Waals surface area contributed by atoms with E-state index < -0.39 is 0 Å². The van der Waals surface area contributed by atoms with E-state index in [-0.39, 0.29) is 0 Å². The Morgan fingerprint density at radius 2 is 2.22 bits per heavy atom. The number of hydrogen-bond acceptors (Lipinski definition) is 5. The minimum absolute atomic E-state index is 0.342. The molecular formula is C12H16N4O2. The molecule has 0 spiro atoms. The summed E-state index contributed by atoms with van der Waals surface area (Å²) in [6.07, 6.45) is 3.85. The Labute approximate surface area is 105 Å². The summed E-state index contributed by atoms with van der Waals surface area (Å²) in [5.41, 5.74) is 6.55. The molecule has 0 atom stereocenters. The molecule has 1 aliphatic heterocycles. The number of fused-ring (bicyclic) bond motifs is 1. The summed E-state index contributed by atoms with van der Waals surface area (Å²) in [5.74, 6) is 0.964. The van der Waals surface area contributed by atoms with Crippen molar-refractivity contribution in [3.63, 3.8) is 0 Å². The molecule has 3 heterocycles. The van der Waals surface area contributed by atoms with Crippen molar-refractivity contribution in [2.45, 2.75) is 12.8 Å². The lowest BCUT2D eigenvalue weighted by molar-refractivity contribution is 0.0483. The van der Waals surface area contributed by atoms with Crippen LogP contribution < -0.4 is 10.5 Å². The molecule has 18 heavy (non-hydrogen) atoms. The lowest BCUT2D eigenvalue weighted by Crippen LogP contribution is -2.22. The van der Waals surface area contributed by atoms with Crippen LogP contribution in [0.3, 0.4) is 0 Å². The predicted octanol–water partition coefficient (Wildman–Crippen LogP) is 1.35. The van der Waals surface area contributed by atoms with Gasteiger partial charge in [-0.2, -0.15) is 9.97 Å². The Bertz CT molecular complexity index is 534. The van der Waals surface area contributed by atoms with Gasteiger partial charge in [0.2, 0.25) is 0 Å². The number of nitrogens with two attached hydrogens (primary N) is 1. The Morgan fingerprint density at radius 3 is 3.06 bits per heavy atom. The summed E-state index contributed by atoms with van der Waals surface area (Å²) in [6, 6.07) is 2.20. The van der Waals surface area contributed by atoms with Crippen LogP contribution in [0, 0.1) is 5.92 Å². The zero-order valence-corrected chi connectivity index (χ0v) is 10.1. The Morgan fingerprint density at radius 1 is 1.39 bits per heavy atom. The second-order valence-electron chi connectivity index (χ2n) is 4.50. The smallest absolute Gasteiger partial charge is 0.320 e. The van der Waals surface area contributed by atoms with Crippen LogP contribution in [0.15, 0.2) is 12.3 Å². The van der Waals surface area contributed by atoms with Gasteiger partial charge < -0.3 is 20.2 Å². The summed E-state index contributed by atoms with van der Waals surface area (Å²) in [6.45, 7) is 2.24. The molecular weight excluding hydrogens is 232 g/mol. The Hall–Kier alpha value is -1.82. The largest absolute Gasteiger partial charge is 0.463 e. The molecule has 3 N–H and O–H groups in total. The number of H-pyrrole nitrogens is 1. The van der Waals surface area contributed by atoms with E-state index in [4.69, 9.17) is 15.2 Å². The van der Waals surface area contributed by atoms with Gasteiger partial charge in [0, 0.05) is 19.4 Å². The molecule has 0 aromatic carbocycles. The first kappa shape index (κ1) is 11.3. The van der Waals surface area contributed by atoms with Crippen molar-refractivity contribution in [1.29, 1.82) is 0 Å². The average molecular weight is 248 g/mol. The number of nitrogen functional groups attached to an aromatic ring is 1. The third kappa shape index (κ3) is 2.24. The fourth-order valence-electron chi connectivity index (χ4n) is 2.11. The summed E-state index contributed by atoms with van der Waals surface area (Å²) in [7, 11) is 0. The summed E-state index contributed by atoms with van der Waals surface area (Å²) in [5, 5.41) is 0.827. The topological polar surface area (TPSA) is 86.1 Å². The van der Waals surface area contributed by atoms with Crippen molar-refractivity contribution in [3.05, 3.63) is 12.3 Å². The van der Waals surface area contributed by atoms with Crippen molar-refractivity contribution < 1.29 is 9.47 Å². The molecule has 3 rings (SSSR count). The van der Waals surface area contributed by atoms with Crippen molar-refractivity contribution >= 4 is 16.9 Å². The van der Waals surface area contributed by atoms with Gasteiger partial charge in [0.15, 0.2) is 0 Å². The number of rotatable bonds is 3. The van der Waals surface area contributed by atoms with Gasteiger partial charge in [-0.05, 0) is 24.8 Å². The molecule has 1 fully saturated rings. The summed E-state index contributed by atoms with van der Waals surface area (Å²) >= 11 is 0. The molecule has 0 saturated carbocycles. The van der Waals surface area contributed by atoms with E-state index in [1.54, 1.807) is 6.20 Å². The molecule has 1 saturated heterocycles. The van der Waals surface area contributed by atoms with Crippen LogP contribution >= 0.6 is 0 Å². The molecule has 0 radical (unpaired) electrons. The molecule has 0 amide bonds. The SMILES string of the molecule is Nc1nc(OCC2CCOCC2)nc2[nH]ccc12. The third-order valence-electron chi connectivity index (χ3n) is 3.21. The van der Waals surface area contributed by atoms with Gasteiger partial charge in [-0.25, -0.2) is 0 Å².